The summed E-state index contributed by atoms with van der Waals surface area (Å²) in [5.41, 5.74) is -0.0846. The molecule has 0 aliphatic heterocycles. The van der Waals surface area contributed by atoms with Crippen molar-refractivity contribution in [1.29, 1.82) is 0 Å². The molecule has 1 N–H and O–H groups in total. The second-order valence-electron chi connectivity index (χ2n) is 3.93. The van der Waals surface area contributed by atoms with Gasteiger partial charge in [-0.05, 0) is 19.8 Å². The average Bonchev–Trinajstić information content (AvgIpc) is 2.30. The van der Waals surface area contributed by atoms with Crippen LogP contribution in [0.4, 0.5) is 5.82 Å². The molecule has 0 aliphatic carbocycles. The van der Waals surface area contributed by atoms with Gasteiger partial charge in [-0.2, -0.15) is 0 Å². The van der Waals surface area contributed by atoms with E-state index in [0.29, 0.717) is 18.2 Å². The van der Waals surface area contributed by atoms with Crippen molar-refractivity contribution >= 4 is 17.4 Å². The molecule has 1 rings (SSSR count). The van der Waals surface area contributed by atoms with Crippen LogP contribution >= 0.6 is 11.6 Å². The molecule has 1 aromatic heterocycles. The zero-order chi connectivity index (χ0) is 12.1. The lowest BCUT2D eigenvalue weighted by Crippen LogP contribution is -2.31. The monoisotopic (exact) mass is 243 g/mol. The van der Waals surface area contributed by atoms with E-state index < -0.39 is 0 Å². The first-order valence-corrected chi connectivity index (χ1v) is 6.01. The van der Waals surface area contributed by atoms with Crippen molar-refractivity contribution in [2.45, 2.75) is 33.4 Å². The highest BCUT2D eigenvalue weighted by Gasteiger charge is 2.13. The van der Waals surface area contributed by atoms with Crippen molar-refractivity contribution in [3.05, 3.63) is 22.7 Å². The van der Waals surface area contributed by atoms with Crippen molar-refractivity contribution in [3.63, 3.8) is 0 Å². The predicted octanol–water partition coefficient (Wildman–Crippen LogP) is 1.94. The highest BCUT2D eigenvalue weighted by atomic mass is 35.5. The average molecular weight is 244 g/mol. The number of hydrogen-bond acceptors (Lipinski definition) is 3. The fraction of sp³-hybridized carbons (Fsp3) is 0.636. The van der Waals surface area contributed by atoms with E-state index in [4.69, 9.17) is 11.6 Å². The number of aryl methyl sites for hydroxylation is 1. The van der Waals surface area contributed by atoms with Gasteiger partial charge < -0.3 is 9.88 Å². The van der Waals surface area contributed by atoms with Crippen LogP contribution in [0, 0.1) is 5.92 Å². The SMILES string of the molecule is CCn1ccnc(NC(C)C(C)CCl)c1=O. The largest absolute Gasteiger partial charge is 0.363 e. The van der Waals surface area contributed by atoms with E-state index in [0.717, 1.165) is 0 Å². The third-order valence-corrected chi connectivity index (χ3v) is 3.20. The summed E-state index contributed by atoms with van der Waals surface area (Å²) in [6, 6.07) is 0.130. The lowest BCUT2D eigenvalue weighted by molar-refractivity contribution is 0.561. The molecule has 0 saturated heterocycles. The van der Waals surface area contributed by atoms with Crippen LogP contribution in [0.2, 0.25) is 0 Å². The van der Waals surface area contributed by atoms with Gasteiger partial charge in [-0.3, -0.25) is 4.79 Å². The summed E-state index contributed by atoms with van der Waals surface area (Å²) >= 11 is 5.77. The van der Waals surface area contributed by atoms with Crippen LogP contribution in [0.5, 0.6) is 0 Å². The lowest BCUT2D eigenvalue weighted by atomic mass is 10.1. The van der Waals surface area contributed by atoms with E-state index in [1.54, 1.807) is 17.0 Å². The van der Waals surface area contributed by atoms with Crippen molar-refractivity contribution in [1.82, 2.24) is 9.55 Å². The van der Waals surface area contributed by atoms with Crippen LogP contribution in [0.15, 0.2) is 17.2 Å². The van der Waals surface area contributed by atoms with Gasteiger partial charge in [0.15, 0.2) is 5.82 Å². The predicted molar refractivity (Wildman–Crippen MR) is 67.1 cm³/mol. The first-order chi connectivity index (χ1) is 7.60. The van der Waals surface area contributed by atoms with Gasteiger partial charge in [0.05, 0.1) is 0 Å². The molecule has 0 spiro atoms. The molecule has 4 nitrogen and oxygen atoms in total. The Hall–Kier alpha value is -1.03. The highest BCUT2D eigenvalue weighted by Crippen LogP contribution is 2.08. The Bertz CT molecular complexity index is 391. The first-order valence-electron chi connectivity index (χ1n) is 5.48. The summed E-state index contributed by atoms with van der Waals surface area (Å²) in [5, 5.41) is 3.11. The van der Waals surface area contributed by atoms with Gasteiger partial charge in [-0.25, -0.2) is 4.98 Å². The maximum absolute atomic E-state index is 11.9. The Balaban J connectivity index is 2.85. The minimum Gasteiger partial charge on any atom is -0.363 e. The number of anilines is 1. The van der Waals surface area contributed by atoms with Crippen molar-refractivity contribution < 1.29 is 0 Å². The van der Waals surface area contributed by atoms with Gasteiger partial charge in [0.25, 0.3) is 5.56 Å². The van der Waals surface area contributed by atoms with Gasteiger partial charge in [-0.15, -0.1) is 11.6 Å². The number of rotatable bonds is 5. The summed E-state index contributed by atoms with van der Waals surface area (Å²) < 4.78 is 1.62. The van der Waals surface area contributed by atoms with Crippen LogP contribution in [0.1, 0.15) is 20.8 Å². The molecular formula is C11H18ClN3O. The third kappa shape index (κ3) is 2.98. The third-order valence-electron chi connectivity index (χ3n) is 2.72. The second kappa shape index (κ2) is 5.89. The molecule has 2 unspecified atom stereocenters. The summed E-state index contributed by atoms with van der Waals surface area (Å²) in [7, 11) is 0. The molecule has 1 heterocycles. The highest BCUT2D eigenvalue weighted by molar-refractivity contribution is 6.18. The van der Waals surface area contributed by atoms with Crippen LogP contribution in [-0.2, 0) is 6.54 Å². The van der Waals surface area contributed by atoms with E-state index in [9.17, 15) is 4.79 Å². The van der Waals surface area contributed by atoms with Gasteiger partial charge >= 0.3 is 0 Å². The van der Waals surface area contributed by atoms with E-state index in [1.807, 2.05) is 20.8 Å². The normalized spacial score (nSPS) is 14.5. The van der Waals surface area contributed by atoms with Gasteiger partial charge in [0.1, 0.15) is 0 Å². The minimum atomic E-state index is -0.0846. The zero-order valence-corrected chi connectivity index (χ0v) is 10.7. The van der Waals surface area contributed by atoms with E-state index in [1.165, 1.54) is 0 Å². The molecule has 5 heteroatoms. The summed E-state index contributed by atoms with van der Waals surface area (Å²) in [6.07, 6.45) is 3.31. The van der Waals surface area contributed by atoms with Gasteiger partial charge in [0.2, 0.25) is 0 Å². The number of hydrogen-bond donors (Lipinski definition) is 1. The minimum absolute atomic E-state index is 0.0846. The quantitative estimate of drug-likeness (QED) is 0.804. The van der Waals surface area contributed by atoms with Gasteiger partial charge in [0, 0.05) is 30.9 Å². The number of aromatic nitrogens is 2. The fourth-order valence-corrected chi connectivity index (χ4v) is 1.55. The smallest absolute Gasteiger partial charge is 0.293 e. The summed E-state index contributed by atoms with van der Waals surface area (Å²) in [5.74, 6) is 1.25. The molecular weight excluding hydrogens is 226 g/mol. The first kappa shape index (κ1) is 13.0. The van der Waals surface area contributed by atoms with Crippen molar-refractivity contribution in [3.8, 4) is 0 Å². The number of nitrogens with one attached hydrogen (secondary N) is 1. The zero-order valence-electron chi connectivity index (χ0n) is 9.90. The van der Waals surface area contributed by atoms with Crippen LogP contribution in [0.3, 0.4) is 0 Å². The topological polar surface area (TPSA) is 46.9 Å². The lowest BCUT2D eigenvalue weighted by Gasteiger charge is -2.19. The number of halogens is 1. The maximum Gasteiger partial charge on any atom is 0.293 e. The molecule has 2 atom stereocenters. The molecule has 0 saturated carbocycles. The molecule has 1 aromatic rings. The Kier molecular flexibility index (Phi) is 4.80. The van der Waals surface area contributed by atoms with Gasteiger partial charge in [-0.1, -0.05) is 6.92 Å². The molecule has 0 bridgehead atoms. The number of nitrogens with zero attached hydrogens (tertiary/aromatic N) is 2. The van der Waals surface area contributed by atoms with E-state index >= 15 is 0 Å². The number of alkyl halides is 1. The molecule has 0 amide bonds. The Morgan fingerprint density at radius 2 is 2.25 bits per heavy atom. The van der Waals surface area contributed by atoms with Crippen molar-refractivity contribution in [2.75, 3.05) is 11.2 Å². The van der Waals surface area contributed by atoms with E-state index in [2.05, 4.69) is 10.3 Å². The molecule has 0 fully saturated rings. The Morgan fingerprint density at radius 1 is 1.56 bits per heavy atom. The summed E-state index contributed by atoms with van der Waals surface area (Å²) in [6.45, 7) is 6.61. The molecule has 0 aliphatic rings. The molecule has 0 radical (unpaired) electrons. The second-order valence-corrected chi connectivity index (χ2v) is 4.24. The van der Waals surface area contributed by atoms with Crippen LogP contribution in [-0.4, -0.2) is 21.5 Å². The molecule has 16 heavy (non-hydrogen) atoms. The van der Waals surface area contributed by atoms with E-state index in [-0.39, 0.29) is 17.5 Å². The van der Waals surface area contributed by atoms with Crippen molar-refractivity contribution in [2.24, 2.45) is 5.92 Å². The Morgan fingerprint density at radius 3 is 2.81 bits per heavy atom. The summed E-state index contributed by atoms with van der Waals surface area (Å²) in [4.78, 5) is 15.9. The Labute approximate surface area is 101 Å². The molecule has 0 aromatic carbocycles. The molecule has 90 valence electrons. The maximum atomic E-state index is 11.9. The standard InChI is InChI=1S/C11H18ClN3O/c1-4-15-6-5-13-10(11(15)16)14-9(3)8(2)7-12/h5-6,8-9H,4,7H2,1-3H3,(H,13,14). The van der Waals surface area contributed by atoms with Crippen LogP contribution in [0.25, 0.3) is 0 Å². The van der Waals surface area contributed by atoms with Crippen LogP contribution < -0.4 is 10.9 Å². The fourth-order valence-electron chi connectivity index (χ4n) is 1.29.